The second kappa shape index (κ2) is 12.3. The molecule has 3 aliphatic heterocycles. The summed E-state index contributed by atoms with van der Waals surface area (Å²) in [5.74, 6) is -0.925. The summed E-state index contributed by atoms with van der Waals surface area (Å²) < 4.78 is 21.7. The number of ether oxygens (including phenoxy) is 4. The van der Waals surface area contributed by atoms with E-state index in [9.17, 15) is 25.2 Å². The first-order valence-electron chi connectivity index (χ1n) is 12.6. The van der Waals surface area contributed by atoms with Gasteiger partial charge in [-0.3, -0.25) is 10.1 Å². The highest BCUT2D eigenvalue weighted by Gasteiger charge is 2.67. The number of nitrogens with one attached hydrogen (secondary N) is 1. The lowest BCUT2D eigenvalue weighted by Crippen LogP contribution is -2.65. The lowest BCUT2D eigenvalue weighted by molar-refractivity contribution is -0.329. The molecule has 0 amide bonds. The normalized spacial score (nSPS) is 31.8. The van der Waals surface area contributed by atoms with E-state index in [0.717, 1.165) is 36.3 Å². The maximum absolute atomic E-state index is 10.7. The summed E-state index contributed by atoms with van der Waals surface area (Å²) in [4.78, 5) is 9.70. The van der Waals surface area contributed by atoms with Gasteiger partial charge in [0.25, 0.3) is 6.47 Å². The summed E-state index contributed by atoms with van der Waals surface area (Å²) >= 11 is 6.41. The van der Waals surface area contributed by atoms with Crippen LogP contribution in [0.5, 0.6) is 5.75 Å². The zero-order valence-electron chi connectivity index (χ0n) is 21.1. The topological polar surface area (TPSA) is 147 Å². The number of rotatable bonds is 8. The molecular formula is C27H34ClNO9. The van der Waals surface area contributed by atoms with Crippen LogP contribution in [0.1, 0.15) is 36.5 Å². The Morgan fingerprint density at radius 2 is 1.92 bits per heavy atom. The van der Waals surface area contributed by atoms with Gasteiger partial charge in [-0.25, -0.2) is 0 Å². The van der Waals surface area contributed by atoms with Gasteiger partial charge in [-0.15, -0.1) is 0 Å². The van der Waals surface area contributed by atoms with Crippen molar-refractivity contribution in [2.75, 3.05) is 26.4 Å². The Morgan fingerprint density at radius 1 is 1.16 bits per heavy atom. The van der Waals surface area contributed by atoms with Crippen molar-refractivity contribution in [3.8, 4) is 5.75 Å². The number of aliphatic hydroxyl groups excluding tert-OH is 4. The van der Waals surface area contributed by atoms with Crippen molar-refractivity contribution in [3.05, 3.63) is 64.2 Å². The minimum Gasteiger partial charge on any atom is -0.494 e. The molecule has 0 saturated carbocycles. The average molecular weight is 552 g/mol. The number of aliphatic hydroxyl groups is 4. The van der Waals surface area contributed by atoms with Gasteiger partial charge in [0.15, 0.2) is 6.23 Å². The van der Waals surface area contributed by atoms with E-state index in [1.165, 1.54) is 0 Å². The molecule has 0 spiro atoms. The number of carbonyl (C=O) groups is 1. The largest absolute Gasteiger partial charge is 0.494 e. The molecule has 2 bridgehead atoms. The van der Waals surface area contributed by atoms with E-state index in [1.807, 2.05) is 31.2 Å². The van der Waals surface area contributed by atoms with Crippen LogP contribution in [0.25, 0.3) is 0 Å². The maximum Gasteiger partial charge on any atom is 0.294 e. The average Bonchev–Trinajstić information content (AvgIpc) is 3.58. The number of carbonyl (C=O) groups excluding carboxylic acids is 1. The minimum absolute atomic E-state index is 0.00694. The van der Waals surface area contributed by atoms with Crippen LogP contribution in [-0.2, 0) is 31.2 Å². The zero-order valence-corrected chi connectivity index (χ0v) is 21.8. The number of benzene rings is 2. The molecule has 3 aliphatic rings. The van der Waals surface area contributed by atoms with E-state index < -0.39 is 36.3 Å². The molecule has 38 heavy (non-hydrogen) atoms. The smallest absolute Gasteiger partial charge is 0.294 e. The van der Waals surface area contributed by atoms with Crippen molar-refractivity contribution in [3.63, 3.8) is 0 Å². The summed E-state index contributed by atoms with van der Waals surface area (Å²) in [5, 5.41) is 44.7. The standard InChI is InChI=1S/C22H25ClO7.C5H9NO2/c1-2-28-16-6-3-13(4-7-16)9-14-10-15(5-8-17(14)23)22-20(27)18(25)19(26)21(11-24,30-22)12-29-22;7-4-8-5-2-1-3-6-5/h3-8,10,18-20,24-27H,2,9,11-12H2,1H3;4-6H,1-3H2/t18-,19-,20+,21-,22-;5-/m01/s1. The van der Waals surface area contributed by atoms with Crippen LogP contribution < -0.4 is 10.1 Å². The highest BCUT2D eigenvalue weighted by molar-refractivity contribution is 6.31. The number of halogens is 1. The lowest BCUT2D eigenvalue weighted by atomic mass is 9.83. The monoisotopic (exact) mass is 551 g/mol. The molecule has 3 heterocycles. The molecule has 208 valence electrons. The number of hydrogen-bond donors (Lipinski definition) is 5. The van der Waals surface area contributed by atoms with Crippen molar-refractivity contribution >= 4 is 18.1 Å². The molecule has 11 heteroatoms. The van der Waals surface area contributed by atoms with Crippen molar-refractivity contribution in [2.24, 2.45) is 0 Å². The molecule has 0 aliphatic carbocycles. The first kappa shape index (κ1) is 28.7. The summed E-state index contributed by atoms with van der Waals surface area (Å²) in [7, 11) is 0. The number of hydrogen-bond acceptors (Lipinski definition) is 10. The third-order valence-electron chi connectivity index (χ3n) is 7.04. The van der Waals surface area contributed by atoms with Gasteiger partial charge in [0.2, 0.25) is 5.79 Å². The molecule has 2 aromatic carbocycles. The molecule has 3 fully saturated rings. The SMILES string of the molecule is CCOc1ccc(Cc2cc([C@]34OC[C@](CO)(O3)[C@@H](O)[C@H](O)[C@H]4O)ccc2Cl)cc1.O=CO[C@@H]1CCCN1. The predicted octanol–water partition coefficient (Wildman–Crippen LogP) is 1.23. The van der Waals surface area contributed by atoms with Crippen LogP contribution in [0.15, 0.2) is 42.5 Å². The van der Waals surface area contributed by atoms with E-state index in [1.54, 1.807) is 18.2 Å². The van der Waals surface area contributed by atoms with Crippen LogP contribution in [0, 0.1) is 0 Å². The van der Waals surface area contributed by atoms with Gasteiger partial charge in [-0.1, -0.05) is 29.8 Å². The van der Waals surface area contributed by atoms with Crippen molar-refractivity contribution in [1.29, 1.82) is 0 Å². The predicted molar refractivity (Wildman–Crippen MR) is 137 cm³/mol. The van der Waals surface area contributed by atoms with E-state index in [-0.39, 0.29) is 12.8 Å². The Labute approximate surface area is 226 Å². The molecule has 2 aromatic rings. The van der Waals surface area contributed by atoms with E-state index in [0.29, 0.717) is 30.1 Å². The summed E-state index contributed by atoms with van der Waals surface area (Å²) in [6, 6.07) is 12.7. The zero-order chi connectivity index (χ0) is 27.3. The minimum atomic E-state index is -1.71. The third kappa shape index (κ3) is 5.68. The molecule has 3 saturated heterocycles. The van der Waals surface area contributed by atoms with Crippen molar-refractivity contribution in [2.45, 2.75) is 62.1 Å². The fraction of sp³-hybridized carbons (Fsp3) is 0.519. The molecule has 0 radical (unpaired) electrons. The number of fused-ring (bicyclic) bond motifs is 2. The molecular weight excluding hydrogens is 518 g/mol. The second-order valence-corrected chi connectivity index (χ2v) is 9.95. The highest BCUT2D eigenvalue weighted by Crippen LogP contribution is 2.49. The third-order valence-corrected chi connectivity index (χ3v) is 7.41. The Bertz CT molecular complexity index is 1080. The van der Waals surface area contributed by atoms with Crippen LogP contribution in [0.3, 0.4) is 0 Å². The molecule has 0 unspecified atom stereocenters. The first-order valence-corrected chi connectivity index (χ1v) is 13.0. The Hall–Kier alpha value is -2.28. The summed E-state index contributed by atoms with van der Waals surface area (Å²) in [6.45, 7) is 3.24. The lowest BCUT2D eigenvalue weighted by Gasteiger charge is -2.46. The first-order chi connectivity index (χ1) is 18.3. The Morgan fingerprint density at radius 3 is 2.55 bits per heavy atom. The fourth-order valence-electron chi connectivity index (χ4n) is 4.93. The van der Waals surface area contributed by atoms with Crippen LogP contribution >= 0.6 is 11.6 Å². The Kier molecular flexibility index (Phi) is 9.27. The van der Waals surface area contributed by atoms with Gasteiger partial charge >= 0.3 is 0 Å². The second-order valence-electron chi connectivity index (χ2n) is 9.54. The molecule has 10 nitrogen and oxygen atoms in total. The molecule has 0 aromatic heterocycles. The molecule has 5 rings (SSSR count). The summed E-state index contributed by atoms with van der Waals surface area (Å²) in [6.07, 6.45) is -2.00. The molecule has 5 N–H and O–H groups in total. The quantitative estimate of drug-likeness (QED) is 0.303. The van der Waals surface area contributed by atoms with Gasteiger partial charge in [0, 0.05) is 10.6 Å². The summed E-state index contributed by atoms with van der Waals surface area (Å²) in [5.41, 5.74) is 0.719. The van der Waals surface area contributed by atoms with Gasteiger partial charge in [-0.2, -0.15) is 0 Å². The van der Waals surface area contributed by atoms with E-state index in [2.05, 4.69) is 10.1 Å². The van der Waals surface area contributed by atoms with Gasteiger partial charge < -0.3 is 39.4 Å². The van der Waals surface area contributed by atoms with Gasteiger partial charge in [0.05, 0.1) is 19.8 Å². The van der Waals surface area contributed by atoms with Crippen LogP contribution in [-0.4, -0.2) is 83.4 Å². The maximum atomic E-state index is 10.7. The van der Waals surface area contributed by atoms with Gasteiger partial charge in [-0.05, 0) is 68.1 Å². The van der Waals surface area contributed by atoms with Gasteiger partial charge in [0.1, 0.15) is 29.7 Å². The molecule has 6 atom stereocenters. The fourth-order valence-corrected chi connectivity index (χ4v) is 5.11. The van der Waals surface area contributed by atoms with Crippen LogP contribution in [0.2, 0.25) is 5.02 Å². The Balaban J connectivity index is 0.000000360. The van der Waals surface area contributed by atoms with Crippen molar-refractivity contribution in [1.82, 2.24) is 5.32 Å². The highest BCUT2D eigenvalue weighted by atomic mass is 35.5. The van der Waals surface area contributed by atoms with E-state index in [4.69, 9.17) is 25.8 Å². The van der Waals surface area contributed by atoms with Crippen LogP contribution in [0.4, 0.5) is 0 Å². The van der Waals surface area contributed by atoms with E-state index >= 15 is 0 Å². The van der Waals surface area contributed by atoms with Crippen molar-refractivity contribution < 1.29 is 44.2 Å².